The molecule has 2 bridgehead atoms. The summed E-state index contributed by atoms with van der Waals surface area (Å²) in [5.74, 6) is -0.969. The lowest BCUT2D eigenvalue weighted by Crippen LogP contribution is -2.59. The molecule has 0 radical (unpaired) electrons. The zero-order valence-electron chi connectivity index (χ0n) is 24.2. The Balaban J connectivity index is 1.30. The summed E-state index contributed by atoms with van der Waals surface area (Å²) in [7, 11) is 0. The van der Waals surface area contributed by atoms with Crippen molar-refractivity contribution in [3.8, 4) is 0 Å². The Kier molecular flexibility index (Phi) is 7.53. The predicted molar refractivity (Wildman–Crippen MR) is 155 cm³/mol. The molecule has 7 heteroatoms. The van der Waals surface area contributed by atoms with Gasteiger partial charge in [-0.15, -0.1) is 0 Å². The molecule has 0 unspecified atom stereocenters. The molecule has 4 fully saturated rings. The first-order valence-corrected chi connectivity index (χ1v) is 15.7. The molecule has 1 aromatic carbocycles. The van der Waals surface area contributed by atoms with Gasteiger partial charge in [0.05, 0.1) is 17.9 Å². The fourth-order valence-electron chi connectivity index (χ4n) is 8.11. The lowest BCUT2D eigenvalue weighted by atomic mass is 9.74. The third-order valence-corrected chi connectivity index (χ3v) is 10.4. The smallest absolute Gasteiger partial charge is 0.246 e. The van der Waals surface area contributed by atoms with Gasteiger partial charge in [0.25, 0.3) is 0 Å². The lowest BCUT2D eigenvalue weighted by molar-refractivity contribution is -0.144. The Labute approximate surface area is 238 Å². The lowest BCUT2D eigenvalue weighted by Gasteiger charge is -2.38. The van der Waals surface area contributed by atoms with Gasteiger partial charge < -0.3 is 20.3 Å². The van der Waals surface area contributed by atoms with Gasteiger partial charge in [0.15, 0.2) is 0 Å². The van der Waals surface area contributed by atoms with Crippen molar-refractivity contribution in [1.82, 2.24) is 10.2 Å². The highest BCUT2D eigenvalue weighted by Crippen LogP contribution is 2.56. The van der Waals surface area contributed by atoms with E-state index in [4.69, 9.17) is 4.74 Å². The van der Waals surface area contributed by atoms with Crippen molar-refractivity contribution in [3.05, 3.63) is 42.0 Å². The van der Waals surface area contributed by atoms with Gasteiger partial charge in [-0.1, -0.05) is 83.6 Å². The van der Waals surface area contributed by atoms with Gasteiger partial charge in [0.2, 0.25) is 17.7 Å². The number of hydrogen-bond acceptors (Lipinski definition) is 4. The Morgan fingerprint density at radius 1 is 0.950 bits per heavy atom. The van der Waals surface area contributed by atoms with E-state index in [0.29, 0.717) is 17.5 Å². The van der Waals surface area contributed by atoms with Crippen molar-refractivity contribution in [1.29, 1.82) is 0 Å². The summed E-state index contributed by atoms with van der Waals surface area (Å²) in [6.07, 6.45) is 13.9. The van der Waals surface area contributed by atoms with Crippen molar-refractivity contribution >= 4 is 23.4 Å². The molecule has 40 heavy (non-hydrogen) atoms. The summed E-state index contributed by atoms with van der Waals surface area (Å²) >= 11 is 0. The third-order valence-electron chi connectivity index (χ3n) is 10.4. The fourth-order valence-corrected chi connectivity index (χ4v) is 8.11. The van der Waals surface area contributed by atoms with Gasteiger partial charge in [-0.3, -0.25) is 14.4 Å². The van der Waals surface area contributed by atoms with Crippen LogP contribution < -0.4 is 10.6 Å². The molecule has 3 amide bonds. The molecular formula is C33H45N3O4. The van der Waals surface area contributed by atoms with Crippen LogP contribution in [0.1, 0.15) is 96.5 Å². The Bertz CT molecular complexity index is 1150. The number of anilines is 1. The summed E-state index contributed by atoms with van der Waals surface area (Å²) in [5.41, 5.74) is 0.815. The summed E-state index contributed by atoms with van der Waals surface area (Å²) in [6, 6.07) is 7.26. The minimum atomic E-state index is -1.10. The van der Waals surface area contributed by atoms with Gasteiger partial charge in [-0.25, -0.2) is 0 Å². The second kappa shape index (κ2) is 11.0. The maximum atomic E-state index is 14.4. The number of carbonyl (C=O) groups excluding carboxylic acids is 3. The molecule has 2 N–H and O–H groups in total. The average Bonchev–Trinajstić information content (AvgIpc) is 3.49. The Morgan fingerprint density at radius 3 is 2.30 bits per heavy atom. The first kappa shape index (κ1) is 27.5. The Morgan fingerprint density at radius 2 is 1.62 bits per heavy atom. The van der Waals surface area contributed by atoms with Crippen LogP contribution in [0.3, 0.4) is 0 Å². The quantitative estimate of drug-likeness (QED) is 0.373. The highest BCUT2D eigenvalue weighted by atomic mass is 16.5. The van der Waals surface area contributed by atoms with E-state index in [-0.39, 0.29) is 29.8 Å². The molecule has 2 saturated carbocycles. The zero-order chi connectivity index (χ0) is 28.0. The van der Waals surface area contributed by atoms with Gasteiger partial charge >= 0.3 is 0 Å². The van der Waals surface area contributed by atoms with Crippen molar-refractivity contribution < 1.29 is 19.1 Å². The first-order valence-electron chi connectivity index (χ1n) is 15.7. The molecule has 2 aliphatic carbocycles. The fraction of sp³-hybridized carbons (Fsp3) is 0.667. The topological polar surface area (TPSA) is 87.7 Å². The van der Waals surface area contributed by atoms with Crippen LogP contribution in [-0.4, -0.2) is 52.5 Å². The standard InChI is InChI=1S/C33H45N3O4/c1-20(2)22-14-16-23(17-15-22)34-30(37)27-26-18-19-33(40-26)28(27)32(39)36(24-11-6-4-5-7-12-24)29(33)31(38)35-25-13-9-8-10-21(25)3/h14-21,24-29H,4-13H2,1-3H3,(H,34,37)(H,35,38)/t21-,25+,26+,27-,28+,29+,33+/m1/s1. The Hall–Kier alpha value is -2.67. The number of benzene rings is 1. The third kappa shape index (κ3) is 4.68. The van der Waals surface area contributed by atoms with E-state index in [1.807, 2.05) is 41.3 Å². The monoisotopic (exact) mass is 547 g/mol. The number of carbonyl (C=O) groups is 3. The minimum absolute atomic E-state index is 0.00200. The van der Waals surface area contributed by atoms with Gasteiger partial charge in [-0.05, 0) is 55.2 Å². The van der Waals surface area contributed by atoms with Crippen LogP contribution in [0, 0.1) is 17.8 Å². The van der Waals surface area contributed by atoms with Crippen molar-refractivity contribution in [3.63, 3.8) is 0 Å². The molecule has 0 aromatic heterocycles. The molecule has 5 aliphatic rings. The second-order valence-electron chi connectivity index (χ2n) is 13.2. The molecule has 1 spiro atoms. The van der Waals surface area contributed by atoms with Crippen LogP contribution in [-0.2, 0) is 19.1 Å². The van der Waals surface area contributed by atoms with Crippen LogP contribution in [0.5, 0.6) is 0 Å². The molecule has 3 aliphatic heterocycles. The number of nitrogens with zero attached hydrogens (tertiary/aromatic N) is 1. The van der Waals surface area contributed by atoms with E-state index >= 15 is 0 Å². The summed E-state index contributed by atoms with van der Waals surface area (Å²) in [4.78, 5) is 44.2. The van der Waals surface area contributed by atoms with E-state index < -0.39 is 29.6 Å². The maximum Gasteiger partial charge on any atom is 0.246 e. The van der Waals surface area contributed by atoms with Crippen molar-refractivity contribution in [2.75, 3.05) is 5.32 Å². The molecular weight excluding hydrogens is 502 g/mol. The molecule has 2 saturated heterocycles. The van der Waals surface area contributed by atoms with Crippen LogP contribution in [0.15, 0.2) is 36.4 Å². The van der Waals surface area contributed by atoms with E-state index in [9.17, 15) is 14.4 Å². The van der Waals surface area contributed by atoms with Crippen LogP contribution >= 0.6 is 0 Å². The highest BCUT2D eigenvalue weighted by molar-refractivity contribution is 6.03. The molecule has 3 heterocycles. The van der Waals surface area contributed by atoms with E-state index in [1.54, 1.807) is 0 Å². The normalized spacial score (nSPS) is 35.6. The summed E-state index contributed by atoms with van der Waals surface area (Å²) < 4.78 is 6.58. The molecule has 7 nitrogen and oxygen atoms in total. The number of ether oxygens (including phenoxy) is 1. The molecule has 216 valence electrons. The molecule has 7 atom stereocenters. The van der Waals surface area contributed by atoms with Gasteiger partial charge in [0.1, 0.15) is 11.6 Å². The SMILES string of the molecule is CC(C)c1ccc(NC(=O)[C@@H]2[C@@H]3C=C[C@]4(O3)[C@@H]2C(=O)N(C2CCCCCC2)[C@H]4C(=O)N[C@H]2CCCC[C@H]2C)cc1. The first-order chi connectivity index (χ1) is 19.3. The molecule has 1 aromatic rings. The largest absolute Gasteiger partial charge is 0.359 e. The number of amides is 3. The van der Waals surface area contributed by atoms with Crippen LogP contribution in [0.25, 0.3) is 0 Å². The summed E-state index contributed by atoms with van der Waals surface area (Å²) in [5, 5.41) is 6.42. The van der Waals surface area contributed by atoms with Crippen molar-refractivity contribution in [2.45, 2.75) is 121 Å². The van der Waals surface area contributed by atoms with E-state index in [2.05, 4.69) is 31.4 Å². The zero-order valence-corrected chi connectivity index (χ0v) is 24.2. The molecule has 6 rings (SSSR count). The average molecular weight is 548 g/mol. The number of rotatable bonds is 6. The van der Waals surface area contributed by atoms with Crippen LogP contribution in [0.2, 0.25) is 0 Å². The predicted octanol–water partition coefficient (Wildman–Crippen LogP) is 5.32. The minimum Gasteiger partial charge on any atom is -0.359 e. The van der Waals surface area contributed by atoms with Crippen LogP contribution in [0.4, 0.5) is 5.69 Å². The van der Waals surface area contributed by atoms with E-state index in [0.717, 1.165) is 57.8 Å². The number of nitrogens with one attached hydrogen (secondary N) is 2. The number of likely N-dealkylation sites (tertiary alicyclic amines) is 1. The second-order valence-corrected chi connectivity index (χ2v) is 13.2. The highest BCUT2D eigenvalue weighted by Gasteiger charge is 2.73. The van der Waals surface area contributed by atoms with Crippen molar-refractivity contribution in [2.24, 2.45) is 17.8 Å². The van der Waals surface area contributed by atoms with Gasteiger partial charge in [0, 0.05) is 17.8 Å². The number of fused-ring (bicyclic) bond motifs is 1. The summed E-state index contributed by atoms with van der Waals surface area (Å²) in [6.45, 7) is 6.48. The van der Waals surface area contributed by atoms with E-state index in [1.165, 1.54) is 12.0 Å². The number of hydrogen-bond donors (Lipinski definition) is 2. The van der Waals surface area contributed by atoms with Gasteiger partial charge in [-0.2, -0.15) is 0 Å². The maximum absolute atomic E-state index is 14.4.